The molecule has 2 aromatic carbocycles. The van der Waals surface area contributed by atoms with Gasteiger partial charge in [0.05, 0.1) is 12.6 Å². The highest BCUT2D eigenvalue weighted by atomic mass is 19.1. The molecule has 27 heavy (non-hydrogen) atoms. The molecular weight excluding hydrogens is 347 g/mol. The van der Waals surface area contributed by atoms with Crippen molar-refractivity contribution in [3.63, 3.8) is 0 Å². The van der Waals surface area contributed by atoms with Gasteiger partial charge in [0.15, 0.2) is 0 Å². The molecule has 142 valence electrons. The summed E-state index contributed by atoms with van der Waals surface area (Å²) < 4.78 is 24.2. The fraction of sp³-hybridized carbons (Fsp3) is 0.286. The smallest absolute Gasteiger partial charge is 0.317 e. The molecular formula is C21H23FN2O3. The summed E-state index contributed by atoms with van der Waals surface area (Å²) in [4.78, 5) is 13.9. The lowest BCUT2D eigenvalue weighted by molar-refractivity contribution is 0.187. The van der Waals surface area contributed by atoms with Crippen molar-refractivity contribution in [3.8, 4) is 5.75 Å². The monoisotopic (exact) mass is 370 g/mol. The minimum Gasteiger partial charge on any atom is -0.494 e. The van der Waals surface area contributed by atoms with E-state index in [4.69, 9.17) is 9.15 Å². The second-order valence-corrected chi connectivity index (χ2v) is 6.36. The van der Waals surface area contributed by atoms with E-state index in [0.29, 0.717) is 25.3 Å². The number of hydrogen-bond donors (Lipinski definition) is 1. The van der Waals surface area contributed by atoms with Crippen LogP contribution in [0.4, 0.5) is 9.18 Å². The van der Waals surface area contributed by atoms with Crippen molar-refractivity contribution >= 4 is 17.0 Å². The number of nitrogens with one attached hydrogen (secondary N) is 1. The minimum atomic E-state index is -0.295. The normalized spacial score (nSPS) is 12.0. The molecule has 0 aliphatic heterocycles. The van der Waals surface area contributed by atoms with Gasteiger partial charge in [-0.25, -0.2) is 9.18 Å². The fourth-order valence-corrected chi connectivity index (χ4v) is 2.69. The summed E-state index contributed by atoms with van der Waals surface area (Å²) in [5, 5.41) is 3.89. The maximum atomic E-state index is 12.8. The third-order valence-electron chi connectivity index (χ3n) is 4.44. The molecule has 3 aromatic rings. The first-order chi connectivity index (χ1) is 13.0. The Morgan fingerprint density at radius 2 is 1.96 bits per heavy atom. The number of urea groups is 1. The first-order valence-corrected chi connectivity index (χ1v) is 8.92. The summed E-state index contributed by atoms with van der Waals surface area (Å²) in [6, 6.07) is 15.2. The van der Waals surface area contributed by atoms with E-state index in [1.807, 2.05) is 37.3 Å². The number of fused-ring (bicyclic) bond motifs is 1. The van der Waals surface area contributed by atoms with E-state index in [1.54, 1.807) is 24.1 Å². The number of halogens is 1. The Labute approximate surface area is 157 Å². The number of carbonyl (C=O) groups excluding carboxylic acids is 1. The Hall–Kier alpha value is -3.02. The molecule has 6 heteroatoms. The first-order valence-electron chi connectivity index (χ1n) is 8.92. The molecule has 0 saturated carbocycles. The topological polar surface area (TPSA) is 54.7 Å². The summed E-state index contributed by atoms with van der Waals surface area (Å²) in [5.41, 5.74) is 0.811. The van der Waals surface area contributed by atoms with Crippen molar-refractivity contribution in [1.82, 2.24) is 10.2 Å². The van der Waals surface area contributed by atoms with Crippen molar-refractivity contribution in [2.45, 2.75) is 19.4 Å². The molecule has 0 saturated heterocycles. The average Bonchev–Trinajstić information content (AvgIpc) is 3.12. The van der Waals surface area contributed by atoms with Crippen LogP contribution in [0.1, 0.15) is 25.1 Å². The van der Waals surface area contributed by atoms with Gasteiger partial charge in [-0.1, -0.05) is 18.2 Å². The van der Waals surface area contributed by atoms with E-state index in [-0.39, 0.29) is 17.9 Å². The Balaban J connectivity index is 1.43. The van der Waals surface area contributed by atoms with Crippen LogP contribution in [0, 0.1) is 5.82 Å². The van der Waals surface area contributed by atoms with E-state index >= 15 is 0 Å². The van der Waals surface area contributed by atoms with Crippen LogP contribution in [0.5, 0.6) is 5.75 Å². The predicted octanol–water partition coefficient (Wildman–Crippen LogP) is 4.74. The van der Waals surface area contributed by atoms with Crippen LogP contribution in [0.25, 0.3) is 11.0 Å². The van der Waals surface area contributed by atoms with Crippen molar-refractivity contribution in [3.05, 3.63) is 66.2 Å². The molecule has 0 spiro atoms. The third kappa shape index (κ3) is 4.78. The fourth-order valence-electron chi connectivity index (χ4n) is 2.69. The zero-order valence-electron chi connectivity index (χ0n) is 15.4. The molecule has 3 rings (SSSR count). The summed E-state index contributed by atoms with van der Waals surface area (Å²) >= 11 is 0. The highest BCUT2D eigenvalue weighted by Crippen LogP contribution is 2.26. The molecule has 1 unspecified atom stereocenters. The minimum absolute atomic E-state index is 0.176. The van der Waals surface area contributed by atoms with Gasteiger partial charge < -0.3 is 19.4 Å². The van der Waals surface area contributed by atoms with Gasteiger partial charge in [-0.15, -0.1) is 0 Å². The SMILES string of the molecule is CC(c1cc2ccccc2o1)N(C)C(=O)NCCCOc1ccc(F)cc1. The average molecular weight is 370 g/mol. The number of furan rings is 1. The number of benzene rings is 2. The Morgan fingerprint density at radius 1 is 1.22 bits per heavy atom. The van der Waals surface area contributed by atoms with E-state index in [0.717, 1.165) is 16.7 Å². The van der Waals surface area contributed by atoms with Gasteiger partial charge >= 0.3 is 6.03 Å². The largest absolute Gasteiger partial charge is 0.494 e. The number of nitrogens with zero attached hydrogens (tertiary/aromatic N) is 1. The second kappa shape index (κ2) is 8.58. The van der Waals surface area contributed by atoms with Gasteiger partial charge in [-0.05, 0) is 49.7 Å². The molecule has 0 fully saturated rings. The number of rotatable bonds is 7. The number of para-hydroxylation sites is 1. The van der Waals surface area contributed by atoms with E-state index in [1.165, 1.54) is 12.1 Å². The molecule has 0 aliphatic rings. The molecule has 5 nitrogen and oxygen atoms in total. The number of hydrogen-bond acceptors (Lipinski definition) is 3. The summed E-state index contributed by atoms with van der Waals surface area (Å²) in [6.45, 7) is 2.85. The van der Waals surface area contributed by atoms with Gasteiger partial charge in [0.2, 0.25) is 0 Å². The summed E-state index contributed by atoms with van der Waals surface area (Å²) in [7, 11) is 1.74. The molecule has 2 amide bonds. The predicted molar refractivity (Wildman–Crippen MR) is 102 cm³/mol. The van der Waals surface area contributed by atoms with Crippen LogP contribution in [-0.4, -0.2) is 31.1 Å². The lowest BCUT2D eigenvalue weighted by Crippen LogP contribution is -2.39. The number of ether oxygens (including phenoxy) is 1. The van der Waals surface area contributed by atoms with Crippen molar-refractivity contribution in [2.75, 3.05) is 20.2 Å². The van der Waals surface area contributed by atoms with Crippen LogP contribution in [0.2, 0.25) is 0 Å². The van der Waals surface area contributed by atoms with E-state index in [9.17, 15) is 9.18 Å². The van der Waals surface area contributed by atoms with Crippen LogP contribution in [0.3, 0.4) is 0 Å². The molecule has 1 heterocycles. The second-order valence-electron chi connectivity index (χ2n) is 6.36. The summed E-state index contributed by atoms with van der Waals surface area (Å²) in [5.74, 6) is 1.06. The molecule has 0 radical (unpaired) electrons. The highest BCUT2D eigenvalue weighted by Gasteiger charge is 2.20. The first kappa shape index (κ1) is 18.8. The molecule has 1 atom stereocenters. The van der Waals surface area contributed by atoms with Crippen molar-refractivity contribution in [2.24, 2.45) is 0 Å². The molecule has 0 aliphatic carbocycles. The molecule has 1 N–H and O–H groups in total. The van der Waals surface area contributed by atoms with Crippen LogP contribution < -0.4 is 10.1 Å². The van der Waals surface area contributed by atoms with Gasteiger partial charge in [-0.2, -0.15) is 0 Å². The van der Waals surface area contributed by atoms with Crippen LogP contribution in [-0.2, 0) is 0 Å². The van der Waals surface area contributed by atoms with E-state index < -0.39 is 0 Å². The maximum Gasteiger partial charge on any atom is 0.317 e. The highest BCUT2D eigenvalue weighted by molar-refractivity contribution is 5.78. The number of carbonyl (C=O) groups is 1. The zero-order valence-corrected chi connectivity index (χ0v) is 15.4. The third-order valence-corrected chi connectivity index (χ3v) is 4.44. The van der Waals surface area contributed by atoms with E-state index in [2.05, 4.69) is 5.32 Å². The quantitative estimate of drug-likeness (QED) is 0.611. The summed E-state index contributed by atoms with van der Waals surface area (Å²) in [6.07, 6.45) is 0.649. The van der Waals surface area contributed by atoms with Gasteiger partial charge in [-0.3, -0.25) is 0 Å². The Bertz CT molecular complexity index is 859. The lowest BCUT2D eigenvalue weighted by Gasteiger charge is -2.23. The maximum absolute atomic E-state index is 12.8. The standard InChI is InChI=1S/C21H23FN2O3/c1-15(20-14-16-6-3-4-7-19(16)27-20)24(2)21(25)23-12-5-13-26-18-10-8-17(22)9-11-18/h3-4,6-11,14-15H,5,12-13H2,1-2H3,(H,23,25). The zero-order chi connectivity index (χ0) is 19.2. The van der Waals surface area contributed by atoms with Crippen LogP contribution >= 0.6 is 0 Å². The van der Waals surface area contributed by atoms with Gasteiger partial charge in [0.25, 0.3) is 0 Å². The Kier molecular flexibility index (Phi) is 5.96. The Morgan fingerprint density at radius 3 is 2.70 bits per heavy atom. The van der Waals surface area contributed by atoms with Crippen molar-refractivity contribution < 1.29 is 18.3 Å². The van der Waals surface area contributed by atoms with Gasteiger partial charge in [0, 0.05) is 19.0 Å². The van der Waals surface area contributed by atoms with Crippen LogP contribution in [0.15, 0.2) is 59.0 Å². The van der Waals surface area contributed by atoms with Gasteiger partial charge in [0.1, 0.15) is 22.9 Å². The number of amides is 2. The molecule has 0 bridgehead atoms. The molecule has 1 aromatic heterocycles. The lowest BCUT2D eigenvalue weighted by atomic mass is 10.2. The van der Waals surface area contributed by atoms with Crippen molar-refractivity contribution in [1.29, 1.82) is 0 Å².